The molecule has 2 N–H and O–H groups in total. The Morgan fingerprint density at radius 2 is 1.48 bits per heavy atom. The monoisotopic (exact) mass is 424 g/mol. The standard InChI is InChI=1S/C25H36N4O2/c1-4-26-25(27-17-16-24(30)29(5-2)6-3)28-18-21-12-14-23(15-13-21)20-31-19-22-10-8-7-9-11-22/h7-15H,4-6,16-20H2,1-3H3,(H2,26,27,28). The number of hydrogen-bond acceptors (Lipinski definition) is 3. The number of guanidine groups is 1. The Hall–Kier alpha value is -2.86. The van der Waals surface area contributed by atoms with Gasteiger partial charge in [0, 0.05) is 32.6 Å². The molecule has 168 valence electrons. The van der Waals surface area contributed by atoms with Crippen molar-refractivity contribution in [3.8, 4) is 0 Å². The Kier molecular flexibility index (Phi) is 11.2. The maximum atomic E-state index is 12.1. The molecule has 1 amide bonds. The number of hydrogen-bond donors (Lipinski definition) is 2. The second-order valence-corrected chi connectivity index (χ2v) is 7.23. The van der Waals surface area contributed by atoms with E-state index in [2.05, 4.69) is 52.0 Å². The first-order valence-electron chi connectivity index (χ1n) is 11.2. The highest BCUT2D eigenvalue weighted by Crippen LogP contribution is 2.09. The Morgan fingerprint density at radius 3 is 2.10 bits per heavy atom. The lowest BCUT2D eigenvalue weighted by atomic mass is 10.1. The highest BCUT2D eigenvalue weighted by Gasteiger charge is 2.09. The van der Waals surface area contributed by atoms with Gasteiger partial charge in [-0.2, -0.15) is 0 Å². The third-order valence-corrected chi connectivity index (χ3v) is 4.91. The molecule has 0 aliphatic rings. The van der Waals surface area contributed by atoms with E-state index in [9.17, 15) is 4.79 Å². The van der Waals surface area contributed by atoms with Crippen LogP contribution in [0.25, 0.3) is 0 Å². The Morgan fingerprint density at radius 1 is 0.871 bits per heavy atom. The van der Waals surface area contributed by atoms with Crippen LogP contribution < -0.4 is 10.6 Å². The maximum Gasteiger partial charge on any atom is 0.224 e. The summed E-state index contributed by atoms with van der Waals surface area (Å²) in [5.74, 6) is 0.892. The lowest BCUT2D eigenvalue weighted by molar-refractivity contribution is -0.130. The molecule has 0 saturated heterocycles. The molecule has 2 aromatic rings. The van der Waals surface area contributed by atoms with Crippen molar-refractivity contribution in [2.45, 2.75) is 47.0 Å². The largest absolute Gasteiger partial charge is 0.372 e. The van der Waals surface area contributed by atoms with E-state index < -0.39 is 0 Å². The molecule has 31 heavy (non-hydrogen) atoms. The summed E-state index contributed by atoms with van der Waals surface area (Å²) in [6.45, 7) is 10.6. The number of benzene rings is 2. The third kappa shape index (κ3) is 9.22. The van der Waals surface area contributed by atoms with Crippen LogP contribution in [0.2, 0.25) is 0 Å². The molecule has 6 heteroatoms. The van der Waals surface area contributed by atoms with E-state index in [-0.39, 0.29) is 5.91 Å². The number of nitrogens with zero attached hydrogens (tertiary/aromatic N) is 2. The number of carbonyl (C=O) groups excluding carboxylic acids is 1. The number of rotatable bonds is 12. The Bertz CT molecular complexity index is 787. The van der Waals surface area contributed by atoms with Gasteiger partial charge in [-0.05, 0) is 37.5 Å². The van der Waals surface area contributed by atoms with Gasteiger partial charge in [-0.1, -0.05) is 54.6 Å². The van der Waals surface area contributed by atoms with Crippen LogP contribution in [-0.4, -0.2) is 42.9 Å². The van der Waals surface area contributed by atoms with Crippen molar-refractivity contribution in [3.05, 3.63) is 71.3 Å². The molecule has 2 aromatic carbocycles. The van der Waals surface area contributed by atoms with Gasteiger partial charge in [0.1, 0.15) is 0 Å². The van der Waals surface area contributed by atoms with Crippen LogP contribution in [0, 0.1) is 0 Å². The lowest BCUT2D eigenvalue weighted by Crippen LogP contribution is -2.40. The van der Waals surface area contributed by atoms with Crippen LogP contribution in [0.3, 0.4) is 0 Å². The second kappa shape index (κ2) is 14.2. The minimum absolute atomic E-state index is 0.165. The summed E-state index contributed by atoms with van der Waals surface area (Å²) in [4.78, 5) is 18.6. The number of carbonyl (C=O) groups is 1. The lowest BCUT2D eigenvalue weighted by Gasteiger charge is -2.19. The van der Waals surface area contributed by atoms with Crippen molar-refractivity contribution in [2.75, 3.05) is 26.2 Å². The SMILES string of the molecule is CCNC(=NCc1ccc(COCc2ccccc2)cc1)NCCC(=O)N(CC)CC. The molecule has 0 spiro atoms. The molecule has 2 rings (SSSR count). The van der Waals surface area contributed by atoms with E-state index in [1.165, 1.54) is 5.56 Å². The summed E-state index contributed by atoms with van der Waals surface area (Å²) in [6.07, 6.45) is 0.462. The fraction of sp³-hybridized carbons (Fsp3) is 0.440. The summed E-state index contributed by atoms with van der Waals surface area (Å²) in [5, 5.41) is 6.48. The highest BCUT2D eigenvalue weighted by atomic mass is 16.5. The molecule has 0 aliphatic heterocycles. The molecular formula is C25H36N4O2. The minimum Gasteiger partial charge on any atom is -0.372 e. The zero-order valence-corrected chi connectivity index (χ0v) is 19.1. The first kappa shape index (κ1) is 24.4. The van der Waals surface area contributed by atoms with Crippen molar-refractivity contribution in [3.63, 3.8) is 0 Å². The molecule has 0 heterocycles. The summed E-state index contributed by atoms with van der Waals surface area (Å²) >= 11 is 0. The van der Waals surface area contributed by atoms with E-state index in [0.717, 1.165) is 36.7 Å². The van der Waals surface area contributed by atoms with Crippen LogP contribution in [0.15, 0.2) is 59.6 Å². The zero-order valence-electron chi connectivity index (χ0n) is 19.1. The highest BCUT2D eigenvalue weighted by molar-refractivity contribution is 5.81. The second-order valence-electron chi connectivity index (χ2n) is 7.23. The Balaban J connectivity index is 1.78. The van der Waals surface area contributed by atoms with Crippen molar-refractivity contribution in [1.82, 2.24) is 15.5 Å². The molecule has 0 aliphatic carbocycles. The molecular weight excluding hydrogens is 388 g/mol. The van der Waals surface area contributed by atoms with Crippen molar-refractivity contribution < 1.29 is 9.53 Å². The van der Waals surface area contributed by atoms with E-state index >= 15 is 0 Å². The van der Waals surface area contributed by atoms with Crippen LogP contribution >= 0.6 is 0 Å². The van der Waals surface area contributed by atoms with E-state index in [0.29, 0.717) is 32.7 Å². The van der Waals surface area contributed by atoms with Gasteiger partial charge in [-0.15, -0.1) is 0 Å². The van der Waals surface area contributed by atoms with Gasteiger partial charge in [0.05, 0.1) is 19.8 Å². The fourth-order valence-electron chi connectivity index (χ4n) is 3.14. The first-order valence-corrected chi connectivity index (χ1v) is 11.2. The first-order chi connectivity index (χ1) is 15.2. The third-order valence-electron chi connectivity index (χ3n) is 4.91. The fourth-order valence-corrected chi connectivity index (χ4v) is 3.14. The summed E-state index contributed by atoms with van der Waals surface area (Å²) in [7, 11) is 0. The summed E-state index contributed by atoms with van der Waals surface area (Å²) in [6, 6.07) is 18.5. The predicted molar refractivity (Wildman–Crippen MR) is 127 cm³/mol. The molecule has 0 radical (unpaired) electrons. The molecule has 0 bridgehead atoms. The zero-order chi connectivity index (χ0) is 22.3. The van der Waals surface area contributed by atoms with Gasteiger partial charge < -0.3 is 20.3 Å². The van der Waals surface area contributed by atoms with Crippen molar-refractivity contribution in [1.29, 1.82) is 0 Å². The number of nitrogens with one attached hydrogen (secondary N) is 2. The van der Waals surface area contributed by atoms with Gasteiger partial charge in [0.15, 0.2) is 5.96 Å². The van der Waals surface area contributed by atoms with Crippen LogP contribution in [0.5, 0.6) is 0 Å². The molecule has 0 saturated carbocycles. The molecule has 0 unspecified atom stereocenters. The normalized spacial score (nSPS) is 11.3. The number of ether oxygens (including phenoxy) is 1. The quantitative estimate of drug-likeness (QED) is 0.403. The minimum atomic E-state index is 0.165. The summed E-state index contributed by atoms with van der Waals surface area (Å²) < 4.78 is 5.79. The Labute approximate surface area is 186 Å². The van der Waals surface area contributed by atoms with Gasteiger partial charge >= 0.3 is 0 Å². The average molecular weight is 425 g/mol. The predicted octanol–water partition coefficient (Wildman–Crippen LogP) is 3.72. The average Bonchev–Trinajstić information content (AvgIpc) is 2.80. The van der Waals surface area contributed by atoms with Crippen LogP contribution in [0.1, 0.15) is 43.9 Å². The van der Waals surface area contributed by atoms with Gasteiger partial charge in [0.2, 0.25) is 5.91 Å². The van der Waals surface area contributed by atoms with Gasteiger partial charge in [0.25, 0.3) is 0 Å². The van der Waals surface area contributed by atoms with E-state index in [1.54, 1.807) is 0 Å². The van der Waals surface area contributed by atoms with Crippen molar-refractivity contribution >= 4 is 11.9 Å². The molecule has 0 atom stereocenters. The molecule has 6 nitrogen and oxygen atoms in total. The number of amides is 1. The topological polar surface area (TPSA) is 66.0 Å². The van der Waals surface area contributed by atoms with Crippen LogP contribution in [0.4, 0.5) is 0 Å². The maximum absolute atomic E-state index is 12.1. The molecule has 0 fully saturated rings. The molecule has 0 aromatic heterocycles. The number of aliphatic imine (C=N–C) groups is 1. The van der Waals surface area contributed by atoms with Gasteiger partial charge in [-0.3, -0.25) is 4.79 Å². The van der Waals surface area contributed by atoms with E-state index in [4.69, 9.17) is 4.74 Å². The van der Waals surface area contributed by atoms with Gasteiger partial charge in [-0.25, -0.2) is 4.99 Å². The van der Waals surface area contributed by atoms with Crippen LogP contribution in [-0.2, 0) is 29.3 Å². The van der Waals surface area contributed by atoms with E-state index in [1.807, 2.05) is 43.9 Å². The van der Waals surface area contributed by atoms with Crippen molar-refractivity contribution in [2.24, 2.45) is 4.99 Å². The smallest absolute Gasteiger partial charge is 0.224 e. The summed E-state index contributed by atoms with van der Waals surface area (Å²) in [5.41, 5.74) is 3.45.